The van der Waals surface area contributed by atoms with Gasteiger partial charge in [-0.05, 0) is 85.4 Å². The molecule has 4 aromatic carbocycles. The Bertz CT molecular complexity index is 2120. The van der Waals surface area contributed by atoms with Gasteiger partial charge in [-0.2, -0.15) is 0 Å². The van der Waals surface area contributed by atoms with Crippen molar-refractivity contribution in [2.75, 3.05) is 0 Å². The molecular weight excluding hydrogens is 738 g/mol. The molecule has 8 N–H and O–H groups in total. The SMILES string of the molecule is CC/C(C)=C(\NCc1c(O)c(O)c(C(C)C)c2cc(C)c(-c3c(C)cc4c(C(C)C)c(O)c(O)c(CN/C(C(=O)[O-])=C(/C)CC)c4c3O)c(O)c12)C(=O)[O-].[Na+].[Na+]. The Hall–Kier alpha value is -3.78. The Morgan fingerprint density at radius 2 is 0.893 bits per heavy atom. The van der Waals surface area contributed by atoms with E-state index in [-0.39, 0.29) is 140 Å². The van der Waals surface area contributed by atoms with Crippen molar-refractivity contribution in [3.63, 3.8) is 0 Å². The number of aryl methyl sites for hydroxylation is 2. The molecule has 12 nitrogen and oxygen atoms in total. The molecule has 0 radical (unpaired) electrons. The van der Waals surface area contributed by atoms with Crippen LogP contribution in [0.15, 0.2) is 34.7 Å². The van der Waals surface area contributed by atoms with Gasteiger partial charge < -0.3 is 61.1 Å². The van der Waals surface area contributed by atoms with E-state index in [1.807, 2.05) is 0 Å². The summed E-state index contributed by atoms with van der Waals surface area (Å²) in [6.45, 7) is 16.7. The van der Waals surface area contributed by atoms with Crippen LogP contribution in [0.2, 0.25) is 0 Å². The maximum Gasteiger partial charge on any atom is 1.00 e. The number of aromatic hydroxyl groups is 6. The molecule has 290 valence electrons. The first kappa shape index (κ1) is 48.4. The summed E-state index contributed by atoms with van der Waals surface area (Å²) in [7, 11) is 0. The number of aliphatic carboxylic acids is 2. The Balaban J connectivity index is 0.00000541. The van der Waals surface area contributed by atoms with E-state index in [1.165, 1.54) is 0 Å². The maximum absolute atomic E-state index is 12.3. The molecule has 0 aliphatic carbocycles. The normalized spacial score (nSPS) is 12.3. The number of carboxylic acid groups (broad SMARTS) is 2. The van der Waals surface area contributed by atoms with Crippen LogP contribution in [0.1, 0.15) is 113 Å². The number of hydrogen-bond acceptors (Lipinski definition) is 12. The molecule has 0 bridgehead atoms. The summed E-state index contributed by atoms with van der Waals surface area (Å²) < 4.78 is 0. The standard InChI is InChI=1S/C42H52N2O10.2Na/c1-11-19(7)33(41(51)52)43-15-25-31-23(27(17(3)4)39(49)35(25)45)13-21(9)29(37(31)47)30-22(10)14-24-28(18(5)6)40(50)36(46)26(32(24)38(30)48)16-44-34(42(53)54)20(8)12-2;;/h13-14,17-18,43-50H,11-12,15-16H2,1-10H3,(H,51,52)(H,53,54);;/q;2*+1/p-2/b33-19-,34-20-;;. The molecule has 4 rings (SSSR count). The van der Waals surface area contributed by atoms with E-state index in [0.29, 0.717) is 57.0 Å². The van der Waals surface area contributed by atoms with Gasteiger partial charge in [0.15, 0.2) is 23.0 Å². The van der Waals surface area contributed by atoms with Crippen molar-refractivity contribution >= 4 is 33.5 Å². The van der Waals surface area contributed by atoms with Crippen LogP contribution in [0.3, 0.4) is 0 Å². The predicted octanol–water partition coefficient (Wildman–Crippen LogP) is -0.188. The van der Waals surface area contributed by atoms with Crippen LogP contribution < -0.4 is 80.0 Å². The van der Waals surface area contributed by atoms with Crippen LogP contribution in [-0.4, -0.2) is 42.6 Å². The van der Waals surface area contributed by atoms with Gasteiger partial charge in [-0.25, -0.2) is 0 Å². The number of allylic oxidation sites excluding steroid dienone is 2. The van der Waals surface area contributed by atoms with Gasteiger partial charge in [0, 0.05) is 57.2 Å². The first-order valence-corrected chi connectivity index (χ1v) is 18.0. The van der Waals surface area contributed by atoms with E-state index >= 15 is 0 Å². The number of carbonyl (C=O) groups excluding carboxylic acids is 2. The van der Waals surface area contributed by atoms with Crippen molar-refractivity contribution in [3.05, 3.63) is 68.1 Å². The topological polar surface area (TPSA) is 226 Å². The Labute approximate surface area is 371 Å². The van der Waals surface area contributed by atoms with Crippen molar-refractivity contribution in [2.45, 2.75) is 107 Å². The van der Waals surface area contributed by atoms with Gasteiger partial charge in [-0.15, -0.1) is 0 Å². The van der Waals surface area contributed by atoms with Crippen molar-refractivity contribution in [1.29, 1.82) is 0 Å². The first-order chi connectivity index (χ1) is 25.2. The molecule has 0 fully saturated rings. The third-order valence-electron chi connectivity index (χ3n) is 10.3. The molecule has 0 saturated heterocycles. The summed E-state index contributed by atoms with van der Waals surface area (Å²) in [5.41, 5.74) is 2.44. The van der Waals surface area contributed by atoms with E-state index in [4.69, 9.17) is 0 Å². The maximum atomic E-state index is 12.3. The summed E-state index contributed by atoms with van der Waals surface area (Å²) in [6.07, 6.45) is 0.782. The largest absolute Gasteiger partial charge is 1.00 e. The Morgan fingerprint density at radius 1 is 0.589 bits per heavy atom. The van der Waals surface area contributed by atoms with Crippen LogP contribution >= 0.6 is 0 Å². The third-order valence-corrected chi connectivity index (χ3v) is 10.3. The minimum absolute atomic E-state index is 0. The van der Waals surface area contributed by atoms with E-state index in [0.717, 1.165) is 0 Å². The zero-order valence-electron chi connectivity index (χ0n) is 34.5. The van der Waals surface area contributed by atoms with E-state index in [2.05, 4.69) is 10.6 Å². The van der Waals surface area contributed by atoms with Crippen LogP contribution in [0.5, 0.6) is 34.5 Å². The molecule has 56 heavy (non-hydrogen) atoms. The summed E-state index contributed by atoms with van der Waals surface area (Å²) in [4.78, 5) is 24.0. The Morgan fingerprint density at radius 3 is 1.14 bits per heavy atom. The number of rotatable bonds is 13. The fraction of sp³-hybridized carbons (Fsp3) is 0.381. The Kier molecular flexibility index (Phi) is 16.5. The average Bonchev–Trinajstić information content (AvgIpc) is 3.08. The molecule has 4 aromatic rings. The third kappa shape index (κ3) is 8.71. The molecule has 0 heterocycles. The molecule has 0 atom stereocenters. The minimum Gasteiger partial charge on any atom is -0.543 e. The molecule has 0 aliphatic heterocycles. The number of carboxylic acids is 2. The van der Waals surface area contributed by atoms with Crippen LogP contribution in [0, 0.1) is 13.8 Å². The molecule has 0 spiro atoms. The molecular formula is C42H50N2Na2O10. The fourth-order valence-electron chi connectivity index (χ4n) is 7.31. The number of benzene rings is 4. The fourth-order valence-corrected chi connectivity index (χ4v) is 7.31. The molecule has 0 amide bonds. The van der Waals surface area contributed by atoms with Gasteiger partial charge in [0.05, 0.1) is 23.3 Å². The molecule has 0 saturated carbocycles. The van der Waals surface area contributed by atoms with Crippen molar-refractivity contribution in [2.24, 2.45) is 0 Å². The van der Waals surface area contributed by atoms with Crippen molar-refractivity contribution in [1.82, 2.24) is 10.6 Å². The molecule has 0 aromatic heterocycles. The van der Waals surface area contributed by atoms with Gasteiger partial charge in [-0.1, -0.05) is 53.7 Å². The quantitative estimate of drug-likeness (QED) is 0.0502. The van der Waals surface area contributed by atoms with Gasteiger partial charge in [0.1, 0.15) is 11.5 Å². The number of nitrogens with one attached hydrogen (secondary N) is 2. The van der Waals surface area contributed by atoms with E-state index in [1.54, 1.807) is 81.4 Å². The predicted molar refractivity (Wildman–Crippen MR) is 204 cm³/mol. The van der Waals surface area contributed by atoms with E-state index < -0.39 is 34.9 Å². The number of carbonyl (C=O) groups is 2. The monoisotopic (exact) mass is 788 g/mol. The number of fused-ring (bicyclic) bond motifs is 2. The number of hydrogen-bond donors (Lipinski definition) is 8. The van der Waals surface area contributed by atoms with Crippen molar-refractivity contribution in [3.8, 4) is 45.6 Å². The summed E-state index contributed by atoms with van der Waals surface area (Å²) in [5, 5.41) is 101. The molecule has 0 aliphatic rings. The smallest absolute Gasteiger partial charge is 0.543 e. The van der Waals surface area contributed by atoms with Gasteiger partial charge >= 0.3 is 59.1 Å². The van der Waals surface area contributed by atoms with Gasteiger partial charge in [0.25, 0.3) is 0 Å². The summed E-state index contributed by atoms with van der Waals surface area (Å²) in [6, 6.07) is 3.41. The number of phenolic OH excluding ortho intramolecular Hbond substituents is 6. The van der Waals surface area contributed by atoms with Crippen LogP contribution in [-0.2, 0) is 22.7 Å². The summed E-state index contributed by atoms with van der Waals surface area (Å²) in [5.74, 6) is -6.34. The zero-order valence-corrected chi connectivity index (χ0v) is 38.5. The molecule has 0 unspecified atom stereocenters. The van der Waals surface area contributed by atoms with Crippen LogP contribution in [0.4, 0.5) is 0 Å². The second-order valence-corrected chi connectivity index (χ2v) is 14.5. The first-order valence-electron chi connectivity index (χ1n) is 18.0. The van der Waals surface area contributed by atoms with E-state index in [9.17, 15) is 50.4 Å². The second kappa shape index (κ2) is 19.1. The molecule has 14 heteroatoms. The van der Waals surface area contributed by atoms with Gasteiger partial charge in [-0.3, -0.25) is 0 Å². The van der Waals surface area contributed by atoms with Crippen molar-refractivity contribution < 1.29 is 110 Å². The second-order valence-electron chi connectivity index (χ2n) is 14.5. The minimum atomic E-state index is -1.47. The van der Waals surface area contributed by atoms with Gasteiger partial charge in [0.2, 0.25) is 0 Å². The average molecular weight is 789 g/mol. The van der Waals surface area contributed by atoms with Crippen LogP contribution in [0.25, 0.3) is 32.7 Å². The summed E-state index contributed by atoms with van der Waals surface area (Å²) >= 11 is 0. The zero-order chi connectivity index (χ0) is 40.7. The number of phenols is 6.